The molecule has 1 aliphatic carbocycles. The standard InChI is InChI=1S/C22H42NO8P/c1-6-8-10-12-20(24)29-18-14-15-19(22(18)30-21(25)13-11-9-7-2)31-32(26,27)28-17-16-23(3,4)5/h18-19,22H,6-17H2,1-5H3/t18-,19+,22+/m1/s1. The second kappa shape index (κ2) is 14.3. The Kier molecular flexibility index (Phi) is 13.0. The van der Waals surface area contributed by atoms with E-state index < -0.39 is 32.1 Å². The molecule has 1 rings (SSSR count). The number of carbonyl (C=O) groups is 2. The van der Waals surface area contributed by atoms with Gasteiger partial charge in [-0.2, -0.15) is 0 Å². The van der Waals surface area contributed by atoms with Crippen molar-refractivity contribution in [3.63, 3.8) is 0 Å². The first-order valence-electron chi connectivity index (χ1n) is 11.8. The number of rotatable bonds is 16. The highest BCUT2D eigenvalue weighted by atomic mass is 31.2. The van der Waals surface area contributed by atoms with E-state index in [1.54, 1.807) is 0 Å². The van der Waals surface area contributed by atoms with Gasteiger partial charge in [0.05, 0.1) is 21.1 Å². The summed E-state index contributed by atoms with van der Waals surface area (Å²) in [6, 6.07) is 0. The van der Waals surface area contributed by atoms with Crippen molar-refractivity contribution in [2.75, 3.05) is 34.3 Å². The van der Waals surface area contributed by atoms with Gasteiger partial charge in [-0.25, -0.2) is 0 Å². The van der Waals surface area contributed by atoms with Crippen molar-refractivity contribution in [1.82, 2.24) is 0 Å². The molecule has 0 amide bonds. The van der Waals surface area contributed by atoms with Gasteiger partial charge in [-0.3, -0.25) is 14.2 Å². The van der Waals surface area contributed by atoms with E-state index in [9.17, 15) is 19.0 Å². The Hall–Kier alpha value is -0.990. The first kappa shape index (κ1) is 29.0. The number of ether oxygens (including phenoxy) is 2. The SMILES string of the molecule is CCCCCC(=O)O[C@@H]1[C@@H](OP(=O)([O-])OCC[N+](C)(C)C)CC[C@H]1OC(=O)CCCCC. The third-order valence-corrected chi connectivity index (χ3v) is 6.29. The summed E-state index contributed by atoms with van der Waals surface area (Å²) in [7, 11) is 1.15. The Morgan fingerprint density at radius 2 is 1.44 bits per heavy atom. The van der Waals surface area contributed by atoms with E-state index in [0.717, 1.165) is 32.1 Å². The maximum absolute atomic E-state index is 12.3. The van der Waals surface area contributed by atoms with Crippen LogP contribution < -0.4 is 4.89 Å². The van der Waals surface area contributed by atoms with Gasteiger partial charge >= 0.3 is 11.9 Å². The van der Waals surface area contributed by atoms with Crippen molar-refractivity contribution >= 4 is 19.8 Å². The number of hydrogen-bond acceptors (Lipinski definition) is 8. The third kappa shape index (κ3) is 12.3. The normalized spacial score (nSPS) is 23.0. The quantitative estimate of drug-likeness (QED) is 0.143. The Morgan fingerprint density at radius 1 is 0.906 bits per heavy atom. The average molecular weight is 480 g/mol. The monoisotopic (exact) mass is 479 g/mol. The van der Waals surface area contributed by atoms with Crippen LogP contribution in [0.5, 0.6) is 0 Å². The van der Waals surface area contributed by atoms with Crippen LogP contribution in [0.2, 0.25) is 0 Å². The Balaban J connectivity index is 2.75. The fourth-order valence-corrected chi connectivity index (χ4v) is 4.31. The van der Waals surface area contributed by atoms with E-state index in [-0.39, 0.29) is 31.8 Å². The molecule has 0 saturated heterocycles. The van der Waals surface area contributed by atoms with E-state index >= 15 is 0 Å². The van der Waals surface area contributed by atoms with Crippen molar-refractivity contribution < 1.29 is 42.1 Å². The van der Waals surface area contributed by atoms with Crippen LogP contribution in [0.25, 0.3) is 0 Å². The first-order chi connectivity index (χ1) is 15.0. The van der Waals surface area contributed by atoms with Gasteiger partial charge in [0, 0.05) is 12.8 Å². The molecule has 0 heterocycles. The summed E-state index contributed by atoms with van der Waals surface area (Å²) in [4.78, 5) is 36.9. The Morgan fingerprint density at radius 3 is 1.97 bits per heavy atom. The van der Waals surface area contributed by atoms with Crippen molar-refractivity contribution in [3.05, 3.63) is 0 Å². The van der Waals surface area contributed by atoms with Crippen LogP contribution in [0.4, 0.5) is 0 Å². The number of phosphoric acid groups is 1. The van der Waals surface area contributed by atoms with Gasteiger partial charge < -0.3 is 27.9 Å². The molecule has 1 unspecified atom stereocenters. The molecule has 0 aromatic rings. The summed E-state index contributed by atoms with van der Waals surface area (Å²) >= 11 is 0. The number of hydrogen-bond donors (Lipinski definition) is 0. The van der Waals surface area contributed by atoms with Crippen molar-refractivity contribution in [2.45, 2.75) is 96.4 Å². The van der Waals surface area contributed by atoms with Crippen LogP contribution in [-0.4, -0.2) is 69.0 Å². The highest BCUT2D eigenvalue weighted by Crippen LogP contribution is 2.44. The van der Waals surface area contributed by atoms with Crippen LogP contribution in [0.1, 0.15) is 78.1 Å². The lowest BCUT2D eigenvalue weighted by Crippen LogP contribution is -2.39. The smallest absolute Gasteiger partial charge is 0.306 e. The van der Waals surface area contributed by atoms with Crippen LogP contribution in [0.3, 0.4) is 0 Å². The molecule has 1 fully saturated rings. The summed E-state index contributed by atoms with van der Waals surface area (Å²) in [5.74, 6) is -0.821. The van der Waals surface area contributed by atoms with Crippen molar-refractivity contribution in [2.24, 2.45) is 0 Å². The van der Waals surface area contributed by atoms with E-state index in [1.165, 1.54) is 0 Å². The van der Waals surface area contributed by atoms with E-state index in [4.69, 9.17) is 18.5 Å². The van der Waals surface area contributed by atoms with Gasteiger partial charge in [0.25, 0.3) is 7.82 Å². The van der Waals surface area contributed by atoms with Crippen LogP contribution in [0.15, 0.2) is 0 Å². The minimum absolute atomic E-state index is 0.0195. The fourth-order valence-electron chi connectivity index (χ4n) is 3.39. The second-order valence-electron chi connectivity index (χ2n) is 9.41. The maximum Gasteiger partial charge on any atom is 0.306 e. The van der Waals surface area contributed by atoms with Gasteiger partial charge in [0.15, 0.2) is 6.10 Å². The summed E-state index contributed by atoms with van der Waals surface area (Å²) in [5.41, 5.74) is 0. The molecule has 0 spiro atoms. The van der Waals surface area contributed by atoms with Crippen LogP contribution in [0, 0.1) is 0 Å². The molecule has 4 atom stereocenters. The molecule has 188 valence electrons. The minimum Gasteiger partial charge on any atom is -0.756 e. The van der Waals surface area contributed by atoms with Crippen LogP contribution in [-0.2, 0) is 32.7 Å². The molecule has 0 aromatic heterocycles. The Bertz CT molecular complexity index is 622. The molecular formula is C22H42NO8P. The van der Waals surface area contributed by atoms with Crippen molar-refractivity contribution in [1.29, 1.82) is 0 Å². The lowest BCUT2D eigenvalue weighted by Gasteiger charge is -2.31. The molecule has 32 heavy (non-hydrogen) atoms. The second-order valence-corrected chi connectivity index (χ2v) is 10.8. The molecule has 0 aromatic carbocycles. The van der Waals surface area contributed by atoms with E-state index in [2.05, 4.69) is 0 Å². The predicted octanol–water partition coefficient (Wildman–Crippen LogP) is 3.34. The molecule has 0 N–H and O–H groups in total. The summed E-state index contributed by atoms with van der Waals surface area (Å²) < 4.78 is 34.2. The topological polar surface area (TPSA) is 111 Å². The third-order valence-electron chi connectivity index (χ3n) is 5.26. The minimum atomic E-state index is -4.61. The Labute approximate surface area is 192 Å². The molecule has 0 radical (unpaired) electrons. The van der Waals surface area contributed by atoms with Gasteiger partial charge in [-0.15, -0.1) is 0 Å². The van der Waals surface area contributed by atoms with Gasteiger partial charge in [0.2, 0.25) is 0 Å². The summed E-state index contributed by atoms with van der Waals surface area (Å²) in [6.45, 7) is 4.54. The van der Waals surface area contributed by atoms with Gasteiger partial charge in [-0.05, 0) is 25.7 Å². The highest BCUT2D eigenvalue weighted by Gasteiger charge is 2.44. The molecule has 0 aliphatic heterocycles. The maximum atomic E-state index is 12.3. The molecular weight excluding hydrogens is 437 g/mol. The predicted molar refractivity (Wildman–Crippen MR) is 119 cm³/mol. The number of quaternary nitrogens is 1. The molecule has 1 aliphatic rings. The number of unbranched alkanes of at least 4 members (excludes halogenated alkanes) is 4. The lowest BCUT2D eigenvalue weighted by atomic mass is 10.2. The summed E-state index contributed by atoms with van der Waals surface area (Å²) in [5, 5.41) is 0. The lowest BCUT2D eigenvalue weighted by molar-refractivity contribution is -0.870. The molecule has 1 saturated carbocycles. The van der Waals surface area contributed by atoms with E-state index in [0.29, 0.717) is 23.9 Å². The van der Waals surface area contributed by atoms with Gasteiger partial charge in [0.1, 0.15) is 25.4 Å². The number of esters is 2. The first-order valence-corrected chi connectivity index (χ1v) is 13.3. The molecule has 10 heteroatoms. The van der Waals surface area contributed by atoms with Crippen LogP contribution >= 0.6 is 7.82 Å². The zero-order valence-electron chi connectivity index (χ0n) is 20.4. The van der Waals surface area contributed by atoms with Crippen molar-refractivity contribution in [3.8, 4) is 0 Å². The van der Waals surface area contributed by atoms with Gasteiger partial charge in [-0.1, -0.05) is 39.5 Å². The number of carbonyl (C=O) groups excluding carboxylic acids is 2. The molecule has 0 bridgehead atoms. The van der Waals surface area contributed by atoms with E-state index in [1.807, 2.05) is 35.0 Å². The number of phosphoric ester groups is 1. The highest BCUT2D eigenvalue weighted by molar-refractivity contribution is 7.45. The largest absolute Gasteiger partial charge is 0.756 e. The average Bonchev–Trinajstić information content (AvgIpc) is 3.01. The number of nitrogens with zero attached hydrogens (tertiary/aromatic N) is 1. The molecule has 9 nitrogen and oxygen atoms in total. The zero-order valence-corrected chi connectivity index (χ0v) is 21.3. The number of likely N-dealkylation sites (N-methyl/N-ethyl adjacent to an activating group) is 1. The zero-order chi connectivity index (χ0) is 24.2. The fraction of sp³-hybridized carbons (Fsp3) is 0.909. The summed E-state index contributed by atoms with van der Waals surface area (Å²) in [6.07, 6.45) is 3.68.